The molecule has 1 aliphatic heterocycles. The topological polar surface area (TPSA) is 95.5 Å². The van der Waals surface area contributed by atoms with Gasteiger partial charge >= 0.3 is 5.69 Å². The zero-order chi connectivity index (χ0) is 24.7. The lowest BCUT2D eigenvalue weighted by atomic mass is 9.84. The van der Waals surface area contributed by atoms with Crippen LogP contribution in [0.4, 0.5) is 4.39 Å². The minimum atomic E-state index is -0.659. The Morgan fingerprint density at radius 3 is 2.43 bits per heavy atom. The average Bonchev–Trinajstić information content (AvgIpc) is 2.81. The van der Waals surface area contributed by atoms with E-state index in [-0.39, 0.29) is 34.3 Å². The Labute approximate surface area is 204 Å². The summed E-state index contributed by atoms with van der Waals surface area (Å²) in [5.41, 5.74) is -0.452. The highest BCUT2D eigenvalue weighted by molar-refractivity contribution is 6.35. The SMILES string of the molecule is O=C(c1cc(Cn2c(=O)[nH]c(=O)c3c(Cl)cccc32)ccc1F)N1CCN(C(=O)C2CCC2)CC1. The molecule has 1 N–H and O–H groups in total. The van der Waals surface area contributed by atoms with Crippen LogP contribution < -0.4 is 11.2 Å². The Balaban J connectivity index is 1.37. The van der Waals surface area contributed by atoms with E-state index in [0.29, 0.717) is 37.3 Å². The Bertz CT molecular complexity index is 1440. The predicted molar refractivity (Wildman–Crippen MR) is 129 cm³/mol. The van der Waals surface area contributed by atoms with Crippen molar-refractivity contribution in [2.24, 2.45) is 5.92 Å². The highest BCUT2D eigenvalue weighted by atomic mass is 35.5. The fourth-order valence-corrected chi connectivity index (χ4v) is 4.94. The van der Waals surface area contributed by atoms with Crippen molar-refractivity contribution in [2.75, 3.05) is 26.2 Å². The molecule has 0 spiro atoms. The molecule has 1 aliphatic carbocycles. The lowest BCUT2D eigenvalue weighted by molar-refractivity contribution is -0.139. The Morgan fingerprint density at radius 2 is 1.74 bits per heavy atom. The first kappa shape index (κ1) is 23.3. The Hall–Kier alpha value is -3.46. The number of rotatable bonds is 4. The predicted octanol–water partition coefficient (Wildman–Crippen LogP) is 2.62. The Morgan fingerprint density at radius 1 is 1.03 bits per heavy atom. The van der Waals surface area contributed by atoms with E-state index in [2.05, 4.69) is 4.98 Å². The van der Waals surface area contributed by atoms with Gasteiger partial charge in [0, 0.05) is 32.1 Å². The van der Waals surface area contributed by atoms with Gasteiger partial charge in [0.1, 0.15) is 5.82 Å². The number of halogens is 2. The van der Waals surface area contributed by atoms with E-state index < -0.39 is 23.0 Å². The first-order valence-corrected chi connectivity index (χ1v) is 12.0. The molecular weight excluding hydrogens is 475 g/mol. The van der Waals surface area contributed by atoms with E-state index in [1.165, 1.54) is 22.8 Å². The highest BCUT2D eigenvalue weighted by Gasteiger charge is 2.32. The van der Waals surface area contributed by atoms with Crippen LogP contribution >= 0.6 is 11.6 Å². The van der Waals surface area contributed by atoms with Gasteiger partial charge in [0.25, 0.3) is 11.5 Å². The van der Waals surface area contributed by atoms with Gasteiger partial charge in [-0.1, -0.05) is 30.2 Å². The number of H-pyrrole nitrogens is 1. The molecule has 5 rings (SSSR count). The molecule has 0 unspecified atom stereocenters. The minimum absolute atomic E-state index is 0.0106. The fraction of sp³-hybridized carbons (Fsp3) is 0.360. The van der Waals surface area contributed by atoms with Crippen molar-refractivity contribution >= 4 is 34.3 Å². The summed E-state index contributed by atoms with van der Waals surface area (Å²) in [5, 5.41) is 0.393. The minimum Gasteiger partial charge on any atom is -0.339 e. The number of carbonyl (C=O) groups excluding carboxylic acids is 2. The lowest BCUT2D eigenvalue weighted by Gasteiger charge is -2.38. The van der Waals surface area contributed by atoms with E-state index in [1.807, 2.05) is 0 Å². The van der Waals surface area contributed by atoms with E-state index in [9.17, 15) is 23.6 Å². The number of hydrogen-bond acceptors (Lipinski definition) is 4. The fourth-order valence-electron chi connectivity index (χ4n) is 4.69. The molecule has 0 radical (unpaired) electrons. The molecule has 2 amide bonds. The zero-order valence-electron chi connectivity index (χ0n) is 18.9. The maximum Gasteiger partial charge on any atom is 0.329 e. The number of carbonyl (C=O) groups is 2. The van der Waals surface area contributed by atoms with E-state index in [1.54, 1.807) is 28.0 Å². The number of nitrogens with zero attached hydrogens (tertiary/aromatic N) is 3. The molecule has 1 aromatic heterocycles. The summed E-state index contributed by atoms with van der Waals surface area (Å²) < 4.78 is 16.0. The second-order valence-corrected chi connectivity index (χ2v) is 9.45. The van der Waals surface area contributed by atoms with Crippen molar-refractivity contribution in [2.45, 2.75) is 25.8 Å². The number of aromatic amines is 1. The van der Waals surface area contributed by atoms with Crippen molar-refractivity contribution < 1.29 is 14.0 Å². The van der Waals surface area contributed by atoms with Crippen molar-refractivity contribution in [3.63, 3.8) is 0 Å². The molecule has 1 saturated carbocycles. The number of nitrogens with one attached hydrogen (secondary N) is 1. The lowest BCUT2D eigenvalue weighted by Crippen LogP contribution is -2.52. The molecule has 3 aromatic rings. The van der Waals surface area contributed by atoms with Crippen LogP contribution in [0, 0.1) is 11.7 Å². The molecule has 2 aromatic carbocycles. The maximum atomic E-state index is 14.7. The summed E-state index contributed by atoms with van der Waals surface area (Å²) >= 11 is 6.16. The molecule has 35 heavy (non-hydrogen) atoms. The molecule has 8 nitrogen and oxygen atoms in total. The molecule has 0 atom stereocenters. The molecule has 182 valence electrons. The number of amides is 2. The van der Waals surface area contributed by atoms with Gasteiger partial charge in [-0.15, -0.1) is 0 Å². The second-order valence-electron chi connectivity index (χ2n) is 9.04. The molecule has 2 aliphatic rings. The summed E-state index contributed by atoms with van der Waals surface area (Å²) in [5.74, 6) is -0.862. The summed E-state index contributed by atoms with van der Waals surface area (Å²) in [7, 11) is 0. The van der Waals surface area contributed by atoms with E-state index >= 15 is 0 Å². The average molecular weight is 499 g/mol. The Kier molecular flexibility index (Phi) is 6.19. The quantitative estimate of drug-likeness (QED) is 0.598. The standard InChI is InChI=1S/C25H24ClFN4O4/c26-18-5-2-6-20-21(18)22(32)28-25(35)31(20)14-15-7-8-19(27)17(13-15)24(34)30-11-9-29(10-12-30)23(33)16-3-1-4-16/h2,5-8,13,16H,1,3-4,9-12,14H2,(H,28,32,35). The first-order chi connectivity index (χ1) is 16.8. The van der Waals surface area contributed by atoms with Gasteiger partial charge in [-0.25, -0.2) is 9.18 Å². The van der Waals surface area contributed by atoms with Crippen LogP contribution in [0.1, 0.15) is 35.2 Å². The monoisotopic (exact) mass is 498 g/mol. The summed E-state index contributed by atoms with van der Waals surface area (Å²) in [6, 6.07) is 8.92. The number of benzene rings is 2. The van der Waals surface area contributed by atoms with E-state index in [4.69, 9.17) is 11.6 Å². The van der Waals surface area contributed by atoms with E-state index in [0.717, 1.165) is 19.3 Å². The van der Waals surface area contributed by atoms with Crippen LogP contribution in [0.25, 0.3) is 10.9 Å². The zero-order valence-corrected chi connectivity index (χ0v) is 19.7. The van der Waals surface area contributed by atoms with Crippen LogP contribution in [0.5, 0.6) is 0 Å². The van der Waals surface area contributed by atoms with Gasteiger partial charge in [0.2, 0.25) is 5.91 Å². The molecular formula is C25H24ClFN4O4. The number of piperazine rings is 1. The molecule has 1 saturated heterocycles. The molecule has 2 heterocycles. The third-order valence-electron chi connectivity index (χ3n) is 6.91. The molecule has 0 bridgehead atoms. The molecule has 2 fully saturated rings. The van der Waals surface area contributed by atoms with Crippen molar-refractivity contribution in [3.8, 4) is 0 Å². The summed E-state index contributed by atoms with van der Waals surface area (Å²) in [4.78, 5) is 56.0. The smallest absolute Gasteiger partial charge is 0.329 e. The van der Waals surface area contributed by atoms with Crippen molar-refractivity contribution in [1.82, 2.24) is 19.4 Å². The van der Waals surface area contributed by atoms with Gasteiger partial charge in [-0.3, -0.25) is 23.9 Å². The third-order valence-corrected chi connectivity index (χ3v) is 7.22. The van der Waals surface area contributed by atoms with Crippen molar-refractivity contribution in [3.05, 3.63) is 79.2 Å². The van der Waals surface area contributed by atoms with Crippen molar-refractivity contribution in [1.29, 1.82) is 0 Å². The van der Waals surface area contributed by atoms with Gasteiger partial charge < -0.3 is 9.80 Å². The van der Waals surface area contributed by atoms with Gasteiger partial charge in [-0.05, 0) is 42.7 Å². The van der Waals surface area contributed by atoms with Crippen LogP contribution in [0.15, 0.2) is 46.0 Å². The number of aromatic nitrogens is 2. The number of fused-ring (bicyclic) bond motifs is 1. The maximum absolute atomic E-state index is 14.7. The third kappa shape index (κ3) is 4.36. The normalized spacial score (nSPS) is 16.4. The highest BCUT2D eigenvalue weighted by Crippen LogP contribution is 2.28. The van der Waals surface area contributed by atoms with Crippen LogP contribution in [0.2, 0.25) is 5.02 Å². The molecule has 10 heteroatoms. The second kappa shape index (κ2) is 9.30. The number of hydrogen-bond donors (Lipinski definition) is 1. The van der Waals surface area contributed by atoms with Gasteiger partial charge in [-0.2, -0.15) is 0 Å². The van der Waals surface area contributed by atoms with Crippen LogP contribution in [-0.2, 0) is 11.3 Å². The summed E-state index contributed by atoms with van der Waals surface area (Å²) in [6.07, 6.45) is 2.93. The van der Waals surface area contributed by atoms with Gasteiger partial charge in [0.15, 0.2) is 0 Å². The first-order valence-electron chi connectivity index (χ1n) is 11.6. The van der Waals surface area contributed by atoms with Crippen LogP contribution in [0.3, 0.4) is 0 Å². The largest absolute Gasteiger partial charge is 0.339 e. The van der Waals surface area contributed by atoms with Crippen LogP contribution in [-0.4, -0.2) is 57.3 Å². The summed E-state index contributed by atoms with van der Waals surface area (Å²) in [6.45, 7) is 1.55. The van der Waals surface area contributed by atoms with Gasteiger partial charge in [0.05, 0.1) is 28.0 Å².